The Bertz CT molecular complexity index is 404. The molecule has 0 amide bonds. The average Bonchev–Trinajstić information content (AvgIpc) is 2.34. The lowest BCUT2D eigenvalue weighted by atomic mass is 10.1. The van der Waals surface area contributed by atoms with Gasteiger partial charge in [0.2, 0.25) is 0 Å². The van der Waals surface area contributed by atoms with Crippen LogP contribution in [0.15, 0.2) is 24.3 Å². The smallest absolute Gasteiger partial charge is 0.298 e. The molecular weight excluding hydrogens is 241 g/mol. The van der Waals surface area contributed by atoms with Crippen LogP contribution in [-0.2, 0) is 6.18 Å². The first-order valence-corrected chi connectivity index (χ1v) is 5.79. The van der Waals surface area contributed by atoms with E-state index in [4.69, 9.17) is 5.26 Å². The maximum Gasteiger partial charge on any atom is 0.416 e. The lowest BCUT2D eigenvalue weighted by molar-refractivity contribution is -0.137. The predicted molar refractivity (Wildman–Crippen MR) is 62.7 cm³/mol. The quantitative estimate of drug-likeness (QED) is 0.816. The molecule has 0 spiro atoms. The summed E-state index contributed by atoms with van der Waals surface area (Å²) in [5.74, 6) is 0. The van der Waals surface area contributed by atoms with Gasteiger partial charge in [0, 0.05) is 0 Å². The van der Waals surface area contributed by atoms with E-state index in [1.807, 2.05) is 13.0 Å². The van der Waals surface area contributed by atoms with Gasteiger partial charge >= 0.3 is 6.18 Å². The largest absolute Gasteiger partial charge is 0.416 e. The summed E-state index contributed by atoms with van der Waals surface area (Å²) in [6.45, 7) is 2.71. The first-order valence-electron chi connectivity index (χ1n) is 5.79. The van der Waals surface area contributed by atoms with Crippen molar-refractivity contribution >= 4 is 0 Å². The van der Waals surface area contributed by atoms with Crippen LogP contribution in [-0.4, -0.2) is 6.54 Å². The van der Waals surface area contributed by atoms with Crippen LogP contribution in [0.1, 0.15) is 36.9 Å². The third kappa shape index (κ3) is 4.04. The molecule has 0 radical (unpaired) electrons. The van der Waals surface area contributed by atoms with Crippen LogP contribution in [0.5, 0.6) is 0 Å². The fourth-order valence-corrected chi connectivity index (χ4v) is 1.53. The number of benzene rings is 1. The van der Waals surface area contributed by atoms with Crippen molar-refractivity contribution in [1.29, 1.82) is 5.26 Å². The molecule has 0 saturated carbocycles. The van der Waals surface area contributed by atoms with Gasteiger partial charge in [0.15, 0.2) is 0 Å². The standard InChI is InChI=1S/C13H15F3N2/c1-2-3-8-18-12(9-17)10-4-6-11(7-5-10)13(14,15)16/h4-7,12,18H,2-3,8H2,1H3. The molecule has 0 fully saturated rings. The number of unbranched alkanes of at least 4 members (excludes halogenated alkanes) is 1. The van der Waals surface area contributed by atoms with Gasteiger partial charge < -0.3 is 0 Å². The summed E-state index contributed by atoms with van der Waals surface area (Å²) in [6.07, 6.45) is -2.41. The third-order valence-corrected chi connectivity index (χ3v) is 2.58. The number of nitrogens with zero attached hydrogens (tertiary/aromatic N) is 1. The normalized spacial score (nSPS) is 13.1. The number of halogens is 3. The topological polar surface area (TPSA) is 35.8 Å². The van der Waals surface area contributed by atoms with Crippen molar-refractivity contribution in [3.05, 3.63) is 35.4 Å². The summed E-state index contributed by atoms with van der Waals surface area (Å²) >= 11 is 0. The van der Waals surface area contributed by atoms with Gasteiger partial charge in [0.1, 0.15) is 6.04 Å². The summed E-state index contributed by atoms with van der Waals surface area (Å²) < 4.78 is 37.1. The molecule has 2 nitrogen and oxygen atoms in total. The van der Waals surface area contributed by atoms with Crippen molar-refractivity contribution in [3.8, 4) is 6.07 Å². The summed E-state index contributed by atoms with van der Waals surface area (Å²) in [7, 11) is 0. The second-order valence-corrected chi connectivity index (χ2v) is 3.99. The SMILES string of the molecule is CCCCNC(C#N)c1ccc(C(F)(F)F)cc1. The van der Waals surface area contributed by atoms with E-state index >= 15 is 0 Å². The van der Waals surface area contributed by atoms with Gasteiger partial charge in [0.25, 0.3) is 0 Å². The van der Waals surface area contributed by atoms with E-state index in [0.717, 1.165) is 25.0 Å². The zero-order valence-electron chi connectivity index (χ0n) is 10.1. The van der Waals surface area contributed by atoms with Crippen LogP contribution in [0.25, 0.3) is 0 Å². The van der Waals surface area contributed by atoms with Gasteiger partial charge in [-0.1, -0.05) is 25.5 Å². The molecule has 1 N–H and O–H groups in total. The lowest BCUT2D eigenvalue weighted by Crippen LogP contribution is -2.21. The van der Waals surface area contributed by atoms with Crippen LogP contribution in [0.2, 0.25) is 0 Å². The fourth-order valence-electron chi connectivity index (χ4n) is 1.53. The molecule has 1 aromatic carbocycles. The van der Waals surface area contributed by atoms with Crippen LogP contribution in [0.4, 0.5) is 13.2 Å². The molecule has 0 aliphatic heterocycles. The monoisotopic (exact) mass is 256 g/mol. The zero-order chi connectivity index (χ0) is 13.6. The Morgan fingerprint density at radius 1 is 1.28 bits per heavy atom. The maximum absolute atomic E-state index is 12.4. The number of hydrogen-bond acceptors (Lipinski definition) is 2. The minimum absolute atomic E-state index is 0.557. The van der Waals surface area contributed by atoms with Crippen LogP contribution >= 0.6 is 0 Å². The highest BCUT2D eigenvalue weighted by Gasteiger charge is 2.30. The van der Waals surface area contributed by atoms with Gasteiger partial charge in [-0.15, -0.1) is 0 Å². The number of nitriles is 1. The Balaban J connectivity index is 2.74. The number of rotatable bonds is 5. The van der Waals surface area contributed by atoms with Crippen LogP contribution < -0.4 is 5.32 Å². The highest BCUT2D eigenvalue weighted by Crippen LogP contribution is 2.29. The maximum atomic E-state index is 12.4. The molecule has 1 rings (SSSR count). The predicted octanol–water partition coefficient (Wildman–Crippen LogP) is 3.66. The van der Waals surface area contributed by atoms with Crippen molar-refractivity contribution in [2.45, 2.75) is 32.0 Å². The first-order chi connectivity index (χ1) is 8.49. The van der Waals surface area contributed by atoms with E-state index in [9.17, 15) is 13.2 Å². The molecule has 1 aromatic rings. The highest BCUT2D eigenvalue weighted by atomic mass is 19.4. The number of hydrogen-bond donors (Lipinski definition) is 1. The number of nitrogens with one attached hydrogen (secondary N) is 1. The first kappa shape index (κ1) is 14.5. The van der Waals surface area contributed by atoms with Gasteiger partial charge in [-0.05, 0) is 30.7 Å². The van der Waals surface area contributed by atoms with E-state index in [2.05, 4.69) is 5.32 Å². The molecule has 0 aliphatic carbocycles. The van der Waals surface area contributed by atoms with Gasteiger partial charge in [-0.2, -0.15) is 18.4 Å². The zero-order valence-corrected chi connectivity index (χ0v) is 10.1. The molecular formula is C13H15F3N2. The summed E-state index contributed by atoms with van der Waals surface area (Å²) in [5.41, 5.74) is -0.141. The Hall–Kier alpha value is -1.54. The van der Waals surface area contributed by atoms with Crippen molar-refractivity contribution in [2.75, 3.05) is 6.54 Å². The molecule has 98 valence electrons. The molecule has 0 bridgehead atoms. The third-order valence-electron chi connectivity index (χ3n) is 2.58. The Morgan fingerprint density at radius 2 is 1.89 bits per heavy atom. The molecule has 1 atom stereocenters. The van der Waals surface area contributed by atoms with E-state index in [-0.39, 0.29) is 0 Å². The number of alkyl halides is 3. The van der Waals surface area contributed by atoms with Gasteiger partial charge in [-0.25, -0.2) is 0 Å². The van der Waals surface area contributed by atoms with E-state index in [1.165, 1.54) is 12.1 Å². The minimum atomic E-state index is -4.34. The van der Waals surface area contributed by atoms with E-state index in [1.54, 1.807) is 0 Å². The molecule has 5 heteroatoms. The summed E-state index contributed by atoms with van der Waals surface area (Å²) in [5, 5.41) is 12.0. The molecule has 1 unspecified atom stereocenters. The van der Waals surface area contributed by atoms with Crippen molar-refractivity contribution in [1.82, 2.24) is 5.32 Å². The van der Waals surface area contributed by atoms with Gasteiger partial charge in [0.05, 0.1) is 11.6 Å². The fraction of sp³-hybridized carbons (Fsp3) is 0.462. The Kier molecular flexibility index (Phi) is 5.17. The average molecular weight is 256 g/mol. The summed E-state index contributed by atoms with van der Waals surface area (Å²) in [4.78, 5) is 0. The van der Waals surface area contributed by atoms with Crippen LogP contribution in [0, 0.1) is 11.3 Å². The van der Waals surface area contributed by atoms with Crippen molar-refractivity contribution < 1.29 is 13.2 Å². The van der Waals surface area contributed by atoms with Crippen LogP contribution in [0.3, 0.4) is 0 Å². The molecule has 18 heavy (non-hydrogen) atoms. The molecule has 0 saturated heterocycles. The van der Waals surface area contributed by atoms with Crippen molar-refractivity contribution in [3.63, 3.8) is 0 Å². The van der Waals surface area contributed by atoms with E-state index < -0.39 is 17.8 Å². The second-order valence-electron chi connectivity index (χ2n) is 3.99. The molecule has 0 aromatic heterocycles. The molecule has 0 heterocycles. The van der Waals surface area contributed by atoms with E-state index in [0.29, 0.717) is 12.1 Å². The van der Waals surface area contributed by atoms with Crippen molar-refractivity contribution in [2.24, 2.45) is 0 Å². The lowest BCUT2D eigenvalue weighted by Gasteiger charge is -2.13. The highest BCUT2D eigenvalue weighted by molar-refractivity contribution is 5.29. The Morgan fingerprint density at radius 3 is 2.33 bits per heavy atom. The summed E-state index contributed by atoms with van der Waals surface area (Å²) in [6, 6.07) is 6.17. The Labute approximate surface area is 104 Å². The molecule has 0 aliphatic rings. The minimum Gasteiger partial charge on any atom is -0.298 e. The van der Waals surface area contributed by atoms with Gasteiger partial charge in [-0.3, -0.25) is 5.32 Å². The second kappa shape index (κ2) is 6.41.